The SMILES string of the molecule is C/C=C(\C#N)CN1Cc2c(-c3ccc4cnn(C5CC5)c4c3)ccc(N)c2C1=O. The minimum Gasteiger partial charge on any atom is -0.398 e. The highest BCUT2D eigenvalue weighted by Gasteiger charge is 2.32. The van der Waals surface area contributed by atoms with Crippen LogP contribution in [0.4, 0.5) is 5.69 Å². The van der Waals surface area contributed by atoms with Crippen molar-refractivity contribution < 1.29 is 4.79 Å². The van der Waals surface area contributed by atoms with E-state index in [0.29, 0.717) is 36.0 Å². The molecule has 3 aromatic rings. The topological polar surface area (TPSA) is 87.9 Å². The molecule has 1 saturated carbocycles. The Bertz CT molecular complexity index is 1230. The molecule has 6 nitrogen and oxygen atoms in total. The van der Waals surface area contributed by atoms with Gasteiger partial charge in [-0.05, 0) is 48.6 Å². The van der Waals surface area contributed by atoms with Gasteiger partial charge in [-0.15, -0.1) is 0 Å². The molecule has 1 aliphatic carbocycles. The van der Waals surface area contributed by atoms with E-state index in [2.05, 4.69) is 34.0 Å². The fourth-order valence-electron chi connectivity index (χ4n) is 4.11. The number of aromatic nitrogens is 2. The van der Waals surface area contributed by atoms with Gasteiger partial charge in [-0.1, -0.05) is 24.3 Å². The van der Waals surface area contributed by atoms with Crippen molar-refractivity contribution in [3.8, 4) is 17.2 Å². The van der Waals surface area contributed by atoms with Crippen LogP contribution in [-0.2, 0) is 6.54 Å². The van der Waals surface area contributed by atoms with E-state index >= 15 is 0 Å². The Hall–Kier alpha value is -3.59. The molecule has 0 bridgehead atoms. The smallest absolute Gasteiger partial charge is 0.256 e. The predicted molar refractivity (Wildman–Crippen MR) is 112 cm³/mol. The van der Waals surface area contributed by atoms with Crippen LogP contribution in [0.25, 0.3) is 22.0 Å². The number of fused-ring (bicyclic) bond motifs is 2. The Labute approximate surface area is 168 Å². The van der Waals surface area contributed by atoms with Crippen molar-refractivity contribution in [2.24, 2.45) is 0 Å². The summed E-state index contributed by atoms with van der Waals surface area (Å²) in [6, 6.07) is 12.8. The molecule has 2 N–H and O–H groups in total. The molecule has 1 aromatic heterocycles. The number of allylic oxidation sites excluding steroid dienone is 1. The van der Waals surface area contributed by atoms with Crippen molar-refractivity contribution in [1.82, 2.24) is 14.7 Å². The third-order valence-electron chi connectivity index (χ3n) is 5.85. The average Bonchev–Trinajstić information content (AvgIpc) is 3.40. The van der Waals surface area contributed by atoms with Gasteiger partial charge in [0.05, 0.1) is 35.9 Å². The van der Waals surface area contributed by atoms with E-state index in [9.17, 15) is 10.1 Å². The molecular formula is C23H21N5O. The van der Waals surface area contributed by atoms with Gasteiger partial charge in [-0.25, -0.2) is 0 Å². The van der Waals surface area contributed by atoms with E-state index in [1.807, 2.05) is 19.2 Å². The van der Waals surface area contributed by atoms with Crippen molar-refractivity contribution >= 4 is 22.5 Å². The van der Waals surface area contributed by atoms with Gasteiger partial charge in [0.2, 0.25) is 0 Å². The molecule has 1 fully saturated rings. The molecule has 144 valence electrons. The lowest BCUT2D eigenvalue weighted by molar-refractivity contribution is 0.0794. The first kappa shape index (κ1) is 17.5. The second-order valence-electron chi connectivity index (χ2n) is 7.74. The maximum atomic E-state index is 13.0. The van der Waals surface area contributed by atoms with E-state index in [1.165, 1.54) is 12.8 Å². The van der Waals surface area contributed by atoms with Crippen molar-refractivity contribution in [2.75, 3.05) is 12.3 Å². The van der Waals surface area contributed by atoms with Gasteiger partial charge >= 0.3 is 0 Å². The monoisotopic (exact) mass is 383 g/mol. The largest absolute Gasteiger partial charge is 0.398 e. The van der Waals surface area contributed by atoms with Crippen LogP contribution in [0.1, 0.15) is 41.7 Å². The highest BCUT2D eigenvalue weighted by atomic mass is 16.2. The molecule has 0 radical (unpaired) electrons. The van der Waals surface area contributed by atoms with Crippen molar-refractivity contribution in [3.05, 3.63) is 59.3 Å². The van der Waals surface area contributed by atoms with Crippen molar-refractivity contribution in [1.29, 1.82) is 5.26 Å². The van der Waals surface area contributed by atoms with Gasteiger partial charge in [0.25, 0.3) is 5.91 Å². The van der Waals surface area contributed by atoms with Crippen LogP contribution < -0.4 is 5.73 Å². The van der Waals surface area contributed by atoms with Gasteiger partial charge in [-0.2, -0.15) is 10.4 Å². The summed E-state index contributed by atoms with van der Waals surface area (Å²) in [5, 5.41) is 14.9. The van der Waals surface area contributed by atoms with Crippen LogP contribution in [0.3, 0.4) is 0 Å². The molecule has 0 saturated heterocycles. The fourth-order valence-corrected chi connectivity index (χ4v) is 4.11. The van der Waals surface area contributed by atoms with Crippen molar-refractivity contribution in [2.45, 2.75) is 32.4 Å². The van der Waals surface area contributed by atoms with Crippen LogP contribution in [0.5, 0.6) is 0 Å². The average molecular weight is 383 g/mol. The number of carbonyl (C=O) groups excluding carboxylic acids is 1. The number of hydrogen-bond donors (Lipinski definition) is 1. The molecule has 2 aliphatic rings. The molecule has 2 heterocycles. The van der Waals surface area contributed by atoms with E-state index in [4.69, 9.17) is 5.73 Å². The Balaban J connectivity index is 1.59. The quantitative estimate of drug-likeness (QED) is 0.544. The molecule has 0 atom stereocenters. The fraction of sp³-hybridized carbons (Fsp3) is 0.261. The minimum absolute atomic E-state index is 0.113. The highest BCUT2D eigenvalue weighted by Crippen LogP contribution is 2.40. The van der Waals surface area contributed by atoms with Crippen LogP contribution in [0.2, 0.25) is 0 Å². The maximum absolute atomic E-state index is 13.0. The highest BCUT2D eigenvalue weighted by molar-refractivity contribution is 6.05. The molecule has 29 heavy (non-hydrogen) atoms. The number of benzene rings is 2. The Morgan fingerprint density at radius 3 is 2.90 bits per heavy atom. The molecule has 0 spiro atoms. The van der Waals surface area contributed by atoms with Gasteiger partial charge in [-0.3, -0.25) is 9.48 Å². The van der Waals surface area contributed by atoms with E-state index in [-0.39, 0.29) is 5.91 Å². The molecule has 1 amide bonds. The number of nitrogens with two attached hydrogens (primary N) is 1. The number of hydrogen-bond acceptors (Lipinski definition) is 4. The lowest BCUT2D eigenvalue weighted by Gasteiger charge is -2.14. The molecule has 5 rings (SSSR count). The number of anilines is 1. The van der Waals surface area contributed by atoms with E-state index in [1.54, 1.807) is 17.0 Å². The van der Waals surface area contributed by atoms with Crippen molar-refractivity contribution in [3.63, 3.8) is 0 Å². The summed E-state index contributed by atoms with van der Waals surface area (Å²) in [7, 11) is 0. The summed E-state index contributed by atoms with van der Waals surface area (Å²) in [4.78, 5) is 14.7. The maximum Gasteiger partial charge on any atom is 0.256 e. The summed E-state index contributed by atoms with van der Waals surface area (Å²) in [6.07, 6.45) is 6.01. The molecular weight excluding hydrogens is 362 g/mol. The van der Waals surface area contributed by atoms with Gasteiger partial charge in [0.1, 0.15) is 0 Å². The number of rotatable bonds is 4. The van der Waals surface area contributed by atoms with Gasteiger partial charge < -0.3 is 10.6 Å². The first-order valence-electron chi connectivity index (χ1n) is 9.84. The Morgan fingerprint density at radius 2 is 2.17 bits per heavy atom. The summed E-state index contributed by atoms with van der Waals surface area (Å²) in [5.74, 6) is -0.113. The number of nitrogens with zero attached hydrogens (tertiary/aromatic N) is 4. The first-order valence-corrected chi connectivity index (χ1v) is 9.84. The second-order valence-corrected chi connectivity index (χ2v) is 7.74. The minimum atomic E-state index is -0.113. The Morgan fingerprint density at radius 1 is 1.34 bits per heavy atom. The second kappa shape index (κ2) is 6.49. The normalized spacial score (nSPS) is 16.3. The third kappa shape index (κ3) is 2.78. The summed E-state index contributed by atoms with van der Waals surface area (Å²) >= 11 is 0. The zero-order chi connectivity index (χ0) is 20.1. The van der Waals surface area contributed by atoms with Gasteiger partial charge in [0, 0.05) is 23.2 Å². The zero-order valence-corrected chi connectivity index (χ0v) is 16.2. The molecule has 2 aromatic carbocycles. The molecule has 0 unspecified atom stereocenters. The van der Waals surface area contributed by atoms with Crippen LogP contribution >= 0.6 is 0 Å². The van der Waals surface area contributed by atoms with E-state index < -0.39 is 0 Å². The number of carbonyl (C=O) groups is 1. The number of nitriles is 1. The lowest BCUT2D eigenvalue weighted by Crippen LogP contribution is -2.26. The summed E-state index contributed by atoms with van der Waals surface area (Å²) in [5.41, 5.74) is 11.9. The number of amides is 1. The predicted octanol–water partition coefficient (Wildman–Crippen LogP) is 4.05. The summed E-state index contributed by atoms with van der Waals surface area (Å²) in [6.45, 7) is 2.56. The standard InChI is InChI=1S/C23H21N5O/c1-2-14(10-24)12-27-13-19-18(7-8-20(25)22(19)23(27)29)15-3-4-16-11-26-28(17-5-6-17)21(16)9-15/h2-4,7-9,11,17H,5-6,12-13,25H2,1H3/b14-2+. The molecule has 6 heteroatoms. The van der Waals surface area contributed by atoms with Crippen LogP contribution in [0, 0.1) is 11.3 Å². The summed E-state index contributed by atoms with van der Waals surface area (Å²) < 4.78 is 2.11. The first-order chi connectivity index (χ1) is 14.1. The van der Waals surface area contributed by atoms with Gasteiger partial charge in [0.15, 0.2) is 0 Å². The number of nitrogen functional groups attached to an aromatic ring is 1. The van der Waals surface area contributed by atoms with Crippen LogP contribution in [-0.4, -0.2) is 27.1 Å². The molecule has 1 aliphatic heterocycles. The lowest BCUT2D eigenvalue weighted by atomic mass is 9.95. The third-order valence-corrected chi connectivity index (χ3v) is 5.85. The zero-order valence-electron chi connectivity index (χ0n) is 16.2. The van der Waals surface area contributed by atoms with Crippen LogP contribution in [0.15, 0.2) is 48.2 Å². The van der Waals surface area contributed by atoms with E-state index in [0.717, 1.165) is 27.6 Å². The Kier molecular flexibility index (Phi) is 3.92.